The molecule has 2 aromatic rings. The largest absolute Gasteiger partial charge is 0.299 e. The molecule has 1 fully saturated rings. The number of unbranched alkanes of at least 4 members (excludes halogenated alkanes) is 1. The third kappa shape index (κ3) is 4.48. The molecule has 0 aromatic heterocycles. The molecule has 1 aliphatic carbocycles. The standard InChI is InChI=1S/C27H37NO/c1-4-5-20-27(28(3)22-18-25(29)23-14-8-6-9-15-23)21-13-12-19-26(27,2)24-16-10-7-11-17-24/h6-11,14-17H,4-5,12-13,18-22H2,1-3H3. The van der Waals surface area contributed by atoms with Crippen LogP contribution in [0.2, 0.25) is 0 Å². The van der Waals surface area contributed by atoms with Crippen molar-refractivity contribution in [3.8, 4) is 0 Å². The fourth-order valence-corrected chi connectivity index (χ4v) is 5.55. The van der Waals surface area contributed by atoms with Gasteiger partial charge in [-0.3, -0.25) is 9.69 Å². The molecular weight excluding hydrogens is 354 g/mol. The van der Waals surface area contributed by atoms with Crippen molar-refractivity contribution in [3.63, 3.8) is 0 Å². The Labute approximate surface area is 177 Å². The van der Waals surface area contributed by atoms with Crippen molar-refractivity contribution in [2.24, 2.45) is 0 Å². The summed E-state index contributed by atoms with van der Waals surface area (Å²) in [6, 6.07) is 20.8. The number of rotatable bonds is 9. The van der Waals surface area contributed by atoms with Crippen molar-refractivity contribution >= 4 is 5.78 Å². The summed E-state index contributed by atoms with van der Waals surface area (Å²) in [6.45, 7) is 5.59. The molecule has 0 amide bonds. The number of nitrogens with zero attached hydrogens (tertiary/aromatic N) is 1. The Kier molecular flexibility index (Phi) is 7.29. The average molecular weight is 392 g/mol. The second kappa shape index (κ2) is 9.71. The van der Waals surface area contributed by atoms with Crippen LogP contribution in [0.25, 0.3) is 0 Å². The summed E-state index contributed by atoms with van der Waals surface area (Å²) >= 11 is 0. The monoisotopic (exact) mass is 391 g/mol. The van der Waals surface area contributed by atoms with Crippen LogP contribution in [0.3, 0.4) is 0 Å². The van der Waals surface area contributed by atoms with E-state index in [1.54, 1.807) is 0 Å². The summed E-state index contributed by atoms with van der Waals surface area (Å²) in [6.07, 6.45) is 9.23. The Hall–Kier alpha value is -1.93. The van der Waals surface area contributed by atoms with Crippen LogP contribution in [0, 0.1) is 0 Å². The highest BCUT2D eigenvalue weighted by molar-refractivity contribution is 5.96. The molecule has 0 radical (unpaired) electrons. The molecule has 0 heterocycles. The van der Waals surface area contributed by atoms with Crippen LogP contribution in [0.1, 0.15) is 81.1 Å². The third-order valence-electron chi connectivity index (χ3n) is 7.40. The third-order valence-corrected chi connectivity index (χ3v) is 7.40. The minimum atomic E-state index is 0.111. The molecule has 2 heteroatoms. The van der Waals surface area contributed by atoms with E-state index in [9.17, 15) is 4.79 Å². The van der Waals surface area contributed by atoms with Crippen LogP contribution in [0.5, 0.6) is 0 Å². The number of carbonyl (C=O) groups excluding carboxylic acids is 1. The molecule has 2 unspecified atom stereocenters. The van der Waals surface area contributed by atoms with E-state index in [-0.39, 0.29) is 16.7 Å². The fraction of sp³-hybridized carbons (Fsp3) is 0.519. The summed E-state index contributed by atoms with van der Waals surface area (Å²) in [5, 5.41) is 0. The molecule has 0 bridgehead atoms. The zero-order valence-electron chi connectivity index (χ0n) is 18.5. The van der Waals surface area contributed by atoms with E-state index in [0.29, 0.717) is 6.42 Å². The number of hydrogen-bond donors (Lipinski definition) is 0. The smallest absolute Gasteiger partial charge is 0.164 e. The van der Waals surface area contributed by atoms with E-state index in [2.05, 4.69) is 56.1 Å². The molecule has 0 spiro atoms. The number of likely N-dealkylation sites (N-methyl/N-ethyl adjacent to an activating group) is 1. The van der Waals surface area contributed by atoms with Gasteiger partial charge in [0.05, 0.1) is 0 Å². The van der Waals surface area contributed by atoms with Crippen LogP contribution < -0.4 is 0 Å². The Morgan fingerprint density at radius 2 is 1.59 bits per heavy atom. The summed E-state index contributed by atoms with van der Waals surface area (Å²) < 4.78 is 0. The van der Waals surface area contributed by atoms with E-state index in [0.717, 1.165) is 12.1 Å². The molecule has 0 N–H and O–H groups in total. The van der Waals surface area contributed by atoms with Crippen LogP contribution in [0.4, 0.5) is 0 Å². The fourth-order valence-electron chi connectivity index (χ4n) is 5.55. The first-order valence-electron chi connectivity index (χ1n) is 11.4. The molecule has 29 heavy (non-hydrogen) atoms. The lowest BCUT2D eigenvalue weighted by Crippen LogP contribution is -2.62. The maximum absolute atomic E-state index is 12.8. The predicted molar refractivity (Wildman–Crippen MR) is 123 cm³/mol. The number of carbonyl (C=O) groups is 1. The Bertz CT molecular complexity index is 772. The zero-order valence-corrected chi connectivity index (χ0v) is 18.5. The molecule has 0 saturated heterocycles. The highest BCUT2D eigenvalue weighted by atomic mass is 16.1. The predicted octanol–water partition coefficient (Wildman–Crippen LogP) is 6.65. The van der Waals surface area contributed by atoms with Crippen molar-refractivity contribution < 1.29 is 4.79 Å². The van der Waals surface area contributed by atoms with Crippen LogP contribution in [-0.2, 0) is 5.41 Å². The first-order valence-corrected chi connectivity index (χ1v) is 11.4. The van der Waals surface area contributed by atoms with E-state index < -0.39 is 0 Å². The van der Waals surface area contributed by atoms with Crippen molar-refractivity contribution in [2.45, 2.75) is 76.2 Å². The molecule has 2 aromatic carbocycles. The van der Waals surface area contributed by atoms with Crippen LogP contribution in [-0.4, -0.2) is 29.8 Å². The van der Waals surface area contributed by atoms with Gasteiger partial charge in [0.2, 0.25) is 0 Å². The van der Waals surface area contributed by atoms with Crippen molar-refractivity contribution in [1.82, 2.24) is 4.90 Å². The lowest BCUT2D eigenvalue weighted by molar-refractivity contribution is -0.00786. The Balaban J connectivity index is 1.86. The molecule has 3 rings (SSSR count). The van der Waals surface area contributed by atoms with Gasteiger partial charge in [0.1, 0.15) is 0 Å². The summed E-state index contributed by atoms with van der Waals surface area (Å²) in [5.74, 6) is 0.250. The highest BCUT2D eigenvalue weighted by Gasteiger charge is 2.52. The van der Waals surface area contributed by atoms with Gasteiger partial charge < -0.3 is 0 Å². The molecule has 1 saturated carbocycles. The molecule has 156 valence electrons. The van der Waals surface area contributed by atoms with E-state index in [1.807, 2.05) is 30.3 Å². The molecule has 2 atom stereocenters. The molecule has 0 aliphatic heterocycles. The van der Waals surface area contributed by atoms with Gasteiger partial charge in [-0.05, 0) is 31.9 Å². The quantitative estimate of drug-likeness (QED) is 0.446. The highest BCUT2D eigenvalue weighted by Crippen LogP contribution is 2.51. The normalized spacial score (nSPS) is 24.6. The average Bonchev–Trinajstić information content (AvgIpc) is 2.78. The lowest BCUT2D eigenvalue weighted by Gasteiger charge is -2.57. The van der Waals surface area contributed by atoms with Gasteiger partial charge in [0.15, 0.2) is 5.78 Å². The Morgan fingerprint density at radius 3 is 2.24 bits per heavy atom. The number of hydrogen-bond acceptors (Lipinski definition) is 2. The van der Waals surface area contributed by atoms with Gasteiger partial charge in [-0.2, -0.15) is 0 Å². The lowest BCUT2D eigenvalue weighted by atomic mass is 9.56. The maximum atomic E-state index is 12.8. The van der Waals surface area contributed by atoms with Gasteiger partial charge in [0.25, 0.3) is 0 Å². The van der Waals surface area contributed by atoms with Gasteiger partial charge in [-0.15, -0.1) is 0 Å². The zero-order chi connectivity index (χ0) is 20.7. The minimum Gasteiger partial charge on any atom is -0.299 e. The first kappa shape index (κ1) is 21.8. The summed E-state index contributed by atoms with van der Waals surface area (Å²) in [7, 11) is 2.26. The van der Waals surface area contributed by atoms with Crippen LogP contribution >= 0.6 is 0 Å². The van der Waals surface area contributed by atoms with Gasteiger partial charge in [-0.1, -0.05) is 100 Å². The van der Waals surface area contributed by atoms with Crippen LogP contribution in [0.15, 0.2) is 60.7 Å². The topological polar surface area (TPSA) is 20.3 Å². The number of Topliss-reactive ketones (excluding diaryl/α,β-unsaturated/α-hetero) is 1. The van der Waals surface area contributed by atoms with Crippen molar-refractivity contribution in [1.29, 1.82) is 0 Å². The number of ketones is 1. The van der Waals surface area contributed by atoms with E-state index in [4.69, 9.17) is 0 Å². The SMILES string of the molecule is CCCCC1(N(C)CCC(=O)c2ccccc2)CCCCC1(C)c1ccccc1. The van der Waals surface area contributed by atoms with Crippen molar-refractivity contribution in [3.05, 3.63) is 71.8 Å². The minimum absolute atomic E-state index is 0.111. The van der Waals surface area contributed by atoms with Gasteiger partial charge >= 0.3 is 0 Å². The molecular formula is C27H37NO. The molecule has 2 nitrogen and oxygen atoms in total. The van der Waals surface area contributed by atoms with E-state index in [1.165, 1.54) is 50.5 Å². The van der Waals surface area contributed by atoms with Crippen molar-refractivity contribution in [2.75, 3.05) is 13.6 Å². The van der Waals surface area contributed by atoms with E-state index >= 15 is 0 Å². The summed E-state index contributed by atoms with van der Waals surface area (Å²) in [4.78, 5) is 15.3. The first-order chi connectivity index (χ1) is 14.0. The van der Waals surface area contributed by atoms with Gasteiger partial charge in [-0.25, -0.2) is 0 Å². The van der Waals surface area contributed by atoms with Gasteiger partial charge in [0, 0.05) is 29.5 Å². The summed E-state index contributed by atoms with van der Waals surface area (Å²) in [5.41, 5.74) is 2.52. The second-order valence-electron chi connectivity index (χ2n) is 9.00. The number of benzene rings is 2. The maximum Gasteiger partial charge on any atom is 0.164 e. The second-order valence-corrected chi connectivity index (χ2v) is 9.00. The Morgan fingerprint density at radius 1 is 0.966 bits per heavy atom. The molecule has 1 aliphatic rings.